The molecule has 0 aliphatic rings. The molecule has 4 aromatic rings. The van der Waals surface area contributed by atoms with Crippen LogP contribution in [0, 0.1) is 5.82 Å². The number of carbonyl (C=O) groups excluding carboxylic acids is 1. The highest BCUT2D eigenvalue weighted by molar-refractivity contribution is 7.04. The molecule has 2 aromatic carbocycles. The number of halogens is 1. The number of aromatic nitrogens is 3. The standard InChI is InChI=1S/C22H17FN4O2S/c1-29-19-12-24-11-18(25-19)26-20(14-7-3-2-4-8-14)22(28)16-13-30-27-21(16)15-9-5-6-10-17(15)23/h2-13,20H,1H3,(H,25,26). The van der Waals surface area contributed by atoms with Crippen LogP contribution in [0.1, 0.15) is 22.0 Å². The summed E-state index contributed by atoms with van der Waals surface area (Å²) in [7, 11) is 1.49. The van der Waals surface area contributed by atoms with Crippen LogP contribution < -0.4 is 10.1 Å². The third kappa shape index (κ3) is 4.04. The van der Waals surface area contributed by atoms with E-state index in [9.17, 15) is 9.18 Å². The summed E-state index contributed by atoms with van der Waals surface area (Å²) in [5.74, 6) is 0.0221. The molecule has 0 amide bonds. The number of Topliss-reactive ketones (excluding diaryl/α,β-unsaturated/α-hetero) is 1. The van der Waals surface area contributed by atoms with Crippen LogP contribution in [0.5, 0.6) is 5.88 Å². The maximum absolute atomic E-state index is 14.4. The summed E-state index contributed by atoms with van der Waals surface area (Å²) in [6.07, 6.45) is 2.99. The zero-order valence-electron chi connectivity index (χ0n) is 15.9. The van der Waals surface area contributed by atoms with Crippen LogP contribution in [0.15, 0.2) is 72.4 Å². The lowest BCUT2D eigenvalue weighted by atomic mass is 9.95. The summed E-state index contributed by atoms with van der Waals surface area (Å²) in [4.78, 5) is 21.9. The van der Waals surface area contributed by atoms with Crippen molar-refractivity contribution in [2.24, 2.45) is 0 Å². The summed E-state index contributed by atoms with van der Waals surface area (Å²) in [6, 6.07) is 14.7. The third-order valence-electron chi connectivity index (χ3n) is 4.47. The quantitative estimate of drug-likeness (QED) is 0.434. The van der Waals surface area contributed by atoms with E-state index < -0.39 is 11.9 Å². The normalized spacial score (nSPS) is 11.7. The number of hydrogen-bond donors (Lipinski definition) is 1. The molecule has 6 nitrogen and oxygen atoms in total. The van der Waals surface area contributed by atoms with E-state index in [1.807, 2.05) is 30.3 Å². The summed E-state index contributed by atoms with van der Waals surface area (Å²) < 4.78 is 23.8. The van der Waals surface area contributed by atoms with Gasteiger partial charge in [0.15, 0.2) is 5.78 Å². The first-order chi connectivity index (χ1) is 14.7. The Bertz CT molecular complexity index is 1170. The molecule has 1 atom stereocenters. The Morgan fingerprint density at radius 3 is 2.63 bits per heavy atom. The molecule has 0 saturated carbocycles. The Hall–Kier alpha value is -3.65. The molecule has 0 saturated heterocycles. The van der Waals surface area contributed by atoms with Crippen molar-refractivity contribution in [2.75, 3.05) is 12.4 Å². The summed E-state index contributed by atoms with van der Waals surface area (Å²) in [5, 5.41) is 4.77. The summed E-state index contributed by atoms with van der Waals surface area (Å²) in [5.41, 5.74) is 1.68. The van der Waals surface area contributed by atoms with Gasteiger partial charge >= 0.3 is 0 Å². The maximum Gasteiger partial charge on any atom is 0.233 e. The lowest BCUT2D eigenvalue weighted by Crippen LogP contribution is -2.22. The SMILES string of the molecule is COc1cncc(NC(C(=O)c2csnc2-c2ccccc2F)c2ccccc2)n1. The largest absolute Gasteiger partial charge is 0.480 e. The number of carbonyl (C=O) groups is 1. The predicted octanol–water partition coefficient (Wildman–Crippen LogP) is 4.78. The fourth-order valence-corrected chi connectivity index (χ4v) is 3.71. The highest BCUT2D eigenvalue weighted by atomic mass is 32.1. The lowest BCUT2D eigenvalue weighted by Gasteiger charge is -2.19. The second kappa shape index (κ2) is 8.79. The van der Waals surface area contributed by atoms with Crippen molar-refractivity contribution < 1.29 is 13.9 Å². The van der Waals surface area contributed by atoms with E-state index in [2.05, 4.69) is 19.7 Å². The Morgan fingerprint density at radius 1 is 1.10 bits per heavy atom. The first-order valence-electron chi connectivity index (χ1n) is 9.08. The van der Waals surface area contributed by atoms with Crippen molar-refractivity contribution in [2.45, 2.75) is 6.04 Å². The third-order valence-corrected chi connectivity index (χ3v) is 5.10. The van der Waals surface area contributed by atoms with Crippen molar-refractivity contribution in [1.82, 2.24) is 14.3 Å². The van der Waals surface area contributed by atoms with Gasteiger partial charge in [-0.15, -0.1) is 0 Å². The fourth-order valence-electron chi connectivity index (χ4n) is 3.02. The molecule has 2 heterocycles. The molecule has 1 N–H and O–H groups in total. The number of benzene rings is 2. The number of nitrogens with one attached hydrogen (secondary N) is 1. The van der Waals surface area contributed by atoms with Gasteiger partial charge in [0.1, 0.15) is 17.7 Å². The maximum atomic E-state index is 14.4. The van der Waals surface area contributed by atoms with Gasteiger partial charge in [0, 0.05) is 10.9 Å². The van der Waals surface area contributed by atoms with E-state index in [0.717, 1.165) is 17.1 Å². The van der Waals surface area contributed by atoms with Crippen LogP contribution in [-0.4, -0.2) is 27.2 Å². The molecule has 0 radical (unpaired) electrons. The van der Waals surface area contributed by atoms with Gasteiger partial charge in [-0.1, -0.05) is 42.5 Å². The molecule has 0 bridgehead atoms. The predicted molar refractivity (Wildman–Crippen MR) is 113 cm³/mol. The van der Waals surface area contributed by atoms with Gasteiger partial charge in [0.2, 0.25) is 5.88 Å². The zero-order chi connectivity index (χ0) is 20.9. The van der Waals surface area contributed by atoms with Crippen molar-refractivity contribution in [1.29, 1.82) is 0 Å². The minimum Gasteiger partial charge on any atom is -0.480 e. The van der Waals surface area contributed by atoms with Crippen molar-refractivity contribution in [3.63, 3.8) is 0 Å². The molecular weight excluding hydrogens is 403 g/mol. The summed E-state index contributed by atoms with van der Waals surface area (Å²) >= 11 is 1.11. The minimum absolute atomic E-state index is 0.252. The van der Waals surface area contributed by atoms with Gasteiger partial charge in [-0.2, -0.15) is 9.36 Å². The smallest absolute Gasteiger partial charge is 0.233 e. The van der Waals surface area contributed by atoms with Gasteiger partial charge in [-0.25, -0.2) is 4.39 Å². The van der Waals surface area contributed by atoms with Crippen LogP contribution in [0.4, 0.5) is 10.2 Å². The molecule has 4 rings (SSSR count). The van der Waals surface area contributed by atoms with Gasteiger partial charge < -0.3 is 10.1 Å². The number of rotatable bonds is 7. The highest BCUT2D eigenvalue weighted by Crippen LogP contribution is 2.31. The number of ether oxygens (including phenoxy) is 1. The average molecular weight is 420 g/mol. The Labute approximate surface area is 176 Å². The molecule has 1 unspecified atom stereocenters. The lowest BCUT2D eigenvalue weighted by molar-refractivity contribution is 0.0970. The molecule has 0 aliphatic heterocycles. The van der Waals surface area contributed by atoms with E-state index in [0.29, 0.717) is 23.0 Å². The van der Waals surface area contributed by atoms with Crippen LogP contribution in [0.3, 0.4) is 0 Å². The summed E-state index contributed by atoms with van der Waals surface area (Å²) in [6.45, 7) is 0. The van der Waals surface area contributed by atoms with Crippen LogP contribution in [0.25, 0.3) is 11.3 Å². The fraction of sp³-hybridized carbons (Fsp3) is 0.0909. The number of hydrogen-bond acceptors (Lipinski definition) is 7. The van der Waals surface area contributed by atoms with Crippen LogP contribution >= 0.6 is 11.5 Å². The number of methoxy groups -OCH3 is 1. The van der Waals surface area contributed by atoms with Crippen molar-refractivity contribution in [3.05, 3.63) is 89.3 Å². The second-order valence-corrected chi connectivity index (χ2v) is 6.98. The first-order valence-corrected chi connectivity index (χ1v) is 9.92. The molecular formula is C22H17FN4O2S. The van der Waals surface area contributed by atoms with Gasteiger partial charge in [-0.05, 0) is 29.2 Å². The molecule has 2 aromatic heterocycles. The molecule has 0 spiro atoms. The van der Waals surface area contributed by atoms with Crippen LogP contribution in [0.2, 0.25) is 0 Å². The van der Waals surface area contributed by atoms with E-state index in [4.69, 9.17) is 4.74 Å². The Morgan fingerprint density at radius 2 is 1.87 bits per heavy atom. The second-order valence-electron chi connectivity index (χ2n) is 6.36. The van der Waals surface area contributed by atoms with E-state index in [1.165, 1.54) is 25.6 Å². The van der Waals surface area contributed by atoms with E-state index >= 15 is 0 Å². The Balaban J connectivity index is 1.74. The van der Waals surface area contributed by atoms with Gasteiger partial charge in [0.25, 0.3) is 0 Å². The average Bonchev–Trinajstić information content (AvgIpc) is 3.28. The van der Waals surface area contributed by atoms with Gasteiger partial charge in [-0.3, -0.25) is 9.78 Å². The highest BCUT2D eigenvalue weighted by Gasteiger charge is 2.27. The minimum atomic E-state index is -0.769. The monoisotopic (exact) mass is 420 g/mol. The number of anilines is 1. The van der Waals surface area contributed by atoms with Crippen molar-refractivity contribution >= 4 is 23.1 Å². The van der Waals surface area contributed by atoms with Gasteiger partial charge in [0.05, 0.1) is 30.8 Å². The molecule has 30 heavy (non-hydrogen) atoms. The molecule has 0 fully saturated rings. The topological polar surface area (TPSA) is 77.0 Å². The zero-order valence-corrected chi connectivity index (χ0v) is 16.8. The number of ketones is 1. The van der Waals surface area contributed by atoms with Crippen LogP contribution in [-0.2, 0) is 0 Å². The Kier molecular flexibility index (Phi) is 5.76. The van der Waals surface area contributed by atoms with Crippen molar-refractivity contribution in [3.8, 4) is 17.1 Å². The van der Waals surface area contributed by atoms with E-state index in [-0.39, 0.29) is 11.3 Å². The van der Waals surface area contributed by atoms with E-state index in [1.54, 1.807) is 23.6 Å². The molecule has 150 valence electrons. The molecule has 0 aliphatic carbocycles. The first kappa shape index (κ1) is 19.7. The number of nitrogens with zero attached hydrogens (tertiary/aromatic N) is 3. The molecule has 8 heteroatoms.